The minimum Gasteiger partial charge on any atom is -0.352 e. The molecule has 1 atom stereocenters. The Morgan fingerprint density at radius 3 is 2.74 bits per heavy atom. The summed E-state index contributed by atoms with van der Waals surface area (Å²) in [6, 6.07) is 10.9. The highest BCUT2D eigenvalue weighted by molar-refractivity contribution is 5.76. The molecule has 0 aliphatic carbocycles. The summed E-state index contributed by atoms with van der Waals surface area (Å²) in [4.78, 5) is 14.5. The predicted molar refractivity (Wildman–Crippen MR) is 95.0 cm³/mol. The van der Waals surface area contributed by atoms with E-state index in [1.807, 2.05) is 0 Å². The van der Waals surface area contributed by atoms with Crippen LogP contribution in [0.5, 0.6) is 0 Å². The summed E-state index contributed by atoms with van der Waals surface area (Å²) >= 11 is 0. The van der Waals surface area contributed by atoms with Gasteiger partial charge in [0, 0.05) is 25.6 Å². The molecule has 0 radical (unpaired) electrons. The summed E-state index contributed by atoms with van der Waals surface area (Å²) in [7, 11) is 0. The van der Waals surface area contributed by atoms with E-state index in [1.54, 1.807) is 0 Å². The van der Waals surface area contributed by atoms with Crippen LogP contribution in [0.1, 0.15) is 50.5 Å². The van der Waals surface area contributed by atoms with E-state index in [0.717, 1.165) is 64.7 Å². The molecule has 1 unspecified atom stereocenters. The zero-order valence-corrected chi connectivity index (χ0v) is 14.2. The Kier molecular flexibility index (Phi) is 8.12. The molecule has 1 aliphatic heterocycles. The number of likely N-dealkylation sites (tertiary alicyclic amines) is 1. The van der Waals surface area contributed by atoms with Gasteiger partial charge in [0.2, 0.25) is 5.91 Å². The molecule has 4 heteroatoms. The van der Waals surface area contributed by atoms with E-state index in [-0.39, 0.29) is 5.91 Å². The highest BCUT2D eigenvalue weighted by Crippen LogP contribution is 2.14. The number of nitrogens with one attached hydrogen (secondary N) is 1. The molecule has 0 bridgehead atoms. The van der Waals surface area contributed by atoms with E-state index < -0.39 is 0 Å². The molecule has 0 spiro atoms. The third-order valence-corrected chi connectivity index (χ3v) is 4.48. The minimum absolute atomic E-state index is 0.212. The van der Waals surface area contributed by atoms with Gasteiger partial charge < -0.3 is 11.1 Å². The lowest BCUT2D eigenvalue weighted by atomic mass is 10.0. The number of nitrogens with two attached hydrogens (primary N) is 1. The fourth-order valence-electron chi connectivity index (χ4n) is 3.24. The highest BCUT2D eigenvalue weighted by atomic mass is 16.1. The van der Waals surface area contributed by atoms with Gasteiger partial charge in [-0.05, 0) is 44.3 Å². The molecule has 1 aromatic rings. The smallest absolute Gasteiger partial charge is 0.220 e. The Morgan fingerprint density at radius 2 is 1.96 bits per heavy atom. The summed E-state index contributed by atoms with van der Waals surface area (Å²) in [5, 5.41) is 3.22. The van der Waals surface area contributed by atoms with E-state index >= 15 is 0 Å². The SMILES string of the molecule is NCCCCCCC(=O)NC1CCCN(Cc2ccccc2)C1. The van der Waals surface area contributed by atoms with Crippen molar-refractivity contribution >= 4 is 5.91 Å². The van der Waals surface area contributed by atoms with Crippen LogP contribution in [0.15, 0.2) is 30.3 Å². The first-order chi connectivity index (χ1) is 11.3. The Hall–Kier alpha value is -1.39. The zero-order valence-electron chi connectivity index (χ0n) is 14.2. The van der Waals surface area contributed by atoms with Crippen LogP contribution in [-0.2, 0) is 11.3 Å². The molecule has 3 N–H and O–H groups in total. The summed E-state index contributed by atoms with van der Waals surface area (Å²) in [6.07, 6.45) is 7.21. The van der Waals surface area contributed by atoms with Gasteiger partial charge in [-0.15, -0.1) is 0 Å². The normalized spacial score (nSPS) is 18.7. The molecular weight excluding hydrogens is 286 g/mol. The number of unbranched alkanes of at least 4 members (excludes halogenated alkanes) is 3. The van der Waals surface area contributed by atoms with Crippen LogP contribution >= 0.6 is 0 Å². The second-order valence-electron chi connectivity index (χ2n) is 6.58. The molecular formula is C19H31N3O. The van der Waals surface area contributed by atoms with Gasteiger partial charge in [0.05, 0.1) is 0 Å². The number of amides is 1. The molecule has 1 heterocycles. The monoisotopic (exact) mass is 317 g/mol. The lowest BCUT2D eigenvalue weighted by Crippen LogP contribution is -2.47. The minimum atomic E-state index is 0.212. The third kappa shape index (κ3) is 7.14. The molecule has 0 saturated carbocycles. The number of piperidine rings is 1. The van der Waals surface area contributed by atoms with E-state index in [0.29, 0.717) is 12.5 Å². The third-order valence-electron chi connectivity index (χ3n) is 4.48. The Balaban J connectivity index is 1.66. The molecule has 1 fully saturated rings. The van der Waals surface area contributed by atoms with Gasteiger partial charge in [0.25, 0.3) is 0 Å². The van der Waals surface area contributed by atoms with Gasteiger partial charge in [-0.3, -0.25) is 9.69 Å². The number of rotatable bonds is 9. The number of nitrogens with zero attached hydrogens (tertiary/aromatic N) is 1. The van der Waals surface area contributed by atoms with Crippen molar-refractivity contribution < 1.29 is 4.79 Å². The molecule has 1 aliphatic rings. The van der Waals surface area contributed by atoms with Crippen LogP contribution in [-0.4, -0.2) is 36.5 Å². The lowest BCUT2D eigenvalue weighted by Gasteiger charge is -2.33. The van der Waals surface area contributed by atoms with Gasteiger partial charge in [-0.2, -0.15) is 0 Å². The van der Waals surface area contributed by atoms with Crippen molar-refractivity contribution in [3.63, 3.8) is 0 Å². The van der Waals surface area contributed by atoms with Crippen molar-refractivity contribution in [1.82, 2.24) is 10.2 Å². The van der Waals surface area contributed by atoms with Crippen molar-refractivity contribution in [2.75, 3.05) is 19.6 Å². The average Bonchev–Trinajstić information content (AvgIpc) is 2.56. The van der Waals surface area contributed by atoms with E-state index in [4.69, 9.17) is 5.73 Å². The first kappa shape index (κ1) is 18.0. The summed E-state index contributed by atoms with van der Waals surface area (Å²) in [5.74, 6) is 0.212. The fourth-order valence-corrected chi connectivity index (χ4v) is 3.24. The molecule has 1 saturated heterocycles. The van der Waals surface area contributed by atoms with E-state index in [2.05, 4.69) is 40.5 Å². The number of carbonyl (C=O) groups excluding carboxylic acids is 1. The lowest BCUT2D eigenvalue weighted by molar-refractivity contribution is -0.122. The van der Waals surface area contributed by atoms with Crippen LogP contribution in [0, 0.1) is 0 Å². The largest absolute Gasteiger partial charge is 0.352 e. The van der Waals surface area contributed by atoms with Crippen molar-refractivity contribution in [1.29, 1.82) is 0 Å². The Morgan fingerprint density at radius 1 is 1.17 bits per heavy atom. The summed E-state index contributed by atoms with van der Waals surface area (Å²) < 4.78 is 0. The van der Waals surface area contributed by atoms with Crippen molar-refractivity contribution in [2.45, 2.75) is 57.5 Å². The standard InChI is InChI=1S/C19H31N3O/c20-13-7-2-1-6-12-19(23)21-18-11-8-14-22(16-18)15-17-9-4-3-5-10-17/h3-5,9-10,18H,1-2,6-8,11-16,20H2,(H,21,23). The first-order valence-electron chi connectivity index (χ1n) is 9.03. The van der Waals surface area contributed by atoms with Gasteiger partial charge >= 0.3 is 0 Å². The van der Waals surface area contributed by atoms with Crippen molar-refractivity contribution in [3.05, 3.63) is 35.9 Å². The van der Waals surface area contributed by atoms with Gasteiger partial charge in [-0.1, -0.05) is 43.2 Å². The quantitative estimate of drug-likeness (QED) is 0.689. The van der Waals surface area contributed by atoms with Gasteiger partial charge in [0.1, 0.15) is 0 Å². The maximum Gasteiger partial charge on any atom is 0.220 e. The predicted octanol–water partition coefficient (Wildman–Crippen LogP) is 2.68. The topological polar surface area (TPSA) is 58.4 Å². The average molecular weight is 317 g/mol. The number of benzene rings is 1. The van der Waals surface area contributed by atoms with Crippen LogP contribution in [0.3, 0.4) is 0 Å². The first-order valence-corrected chi connectivity index (χ1v) is 9.03. The van der Waals surface area contributed by atoms with Crippen LogP contribution in [0.2, 0.25) is 0 Å². The molecule has 4 nitrogen and oxygen atoms in total. The summed E-state index contributed by atoms with van der Waals surface area (Å²) in [5.41, 5.74) is 6.83. The van der Waals surface area contributed by atoms with Gasteiger partial charge in [0.15, 0.2) is 0 Å². The molecule has 128 valence electrons. The molecule has 1 amide bonds. The number of hydrogen-bond donors (Lipinski definition) is 2. The second-order valence-corrected chi connectivity index (χ2v) is 6.58. The van der Waals surface area contributed by atoms with Crippen LogP contribution in [0.25, 0.3) is 0 Å². The zero-order chi connectivity index (χ0) is 16.3. The Labute approximate surface area is 140 Å². The van der Waals surface area contributed by atoms with Crippen LogP contribution in [0.4, 0.5) is 0 Å². The maximum absolute atomic E-state index is 12.1. The Bertz CT molecular complexity index is 449. The number of hydrogen-bond acceptors (Lipinski definition) is 3. The second kappa shape index (κ2) is 10.4. The molecule has 0 aromatic heterocycles. The molecule has 2 rings (SSSR count). The maximum atomic E-state index is 12.1. The highest BCUT2D eigenvalue weighted by Gasteiger charge is 2.21. The van der Waals surface area contributed by atoms with Crippen LogP contribution < -0.4 is 11.1 Å². The van der Waals surface area contributed by atoms with Crippen molar-refractivity contribution in [3.8, 4) is 0 Å². The number of carbonyl (C=O) groups is 1. The molecule has 1 aromatic carbocycles. The van der Waals surface area contributed by atoms with E-state index in [1.165, 1.54) is 5.56 Å². The van der Waals surface area contributed by atoms with Crippen molar-refractivity contribution in [2.24, 2.45) is 5.73 Å². The van der Waals surface area contributed by atoms with E-state index in [9.17, 15) is 4.79 Å². The summed E-state index contributed by atoms with van der Waals surface area (Å²) in [6.45, 7) is 3.83. The fraction of sp³-hybridized carbons (Fsp3) is 0.632. The van der Waals surface area contributed by atoms with Gasteiger partial charge in [-0.25, -0.2) is 0 Å². The molecule has 23 heavy (non-hydrogen) atoms.